The standard InChI is InChI=1S/C22H29N7O/c1-15(2)29-14-18(12-24-29)21-16(3)11-23-22(27-21)26-20-6-5-17-13-28(8-4-10-30)9-7-19(17)25-20/h5-6,11-12,14-15,30H,4,7-10,13H2,1-3H3,(H,23,25,26,27). The number of hydrogen-bond acceptors (Lipinski definition) is 7. The van der Waals surface area contributed by atoms with Crippen molar-refractivity contribution in [1.29, 1.82) is 0 Å². The van der Waals surface area contributed by atoms with Crippen molar-refractivity contribution in [3.05, 3.63) is 47.5 Å². The third kappa shape index (κ3) is 4.49. The lowest BCUT2D eigenvalue weighted by Gasteiger charge is -2.28. The number of aryl methyl sites for hydroxylation is 1. The van der Waals surface area contributed by atoms with Gasteiger partial charge in [0.05, 0.1) is 11.9 Å². The molecule has 0 aromatic carbocycles. The molecule has 8 heteroatoms. The van der Waals surface area contributed by atoms with Crippen molar-refractivity contribution >= 4 is 11.8 Å². The molecule has 4 rings (SSSR count). The normalized spacial score (nSPS) is 14.2. The van der Waals surface area contributed by atoms with E-state index in [0.29, 0.717) is 12.0 Å². The number of rotatable bonds is 7. The van der Waals surface area contributed by atoms with Crippen molar-refractivity contribution in [3.8, 4) is 11.3 Å². The van der Waals surface area contributed by atoms with Crippen molar-refractivity contribution in [2.75, 3.05) is 25.0 Å². The summed E-state index contributed by atoms with van der Waals surface area (Å²) in [6.45, 7) is 9.21. The molecule has 0 radical (unpaired) electrons. The molecule has 158 valence electrons. The van der Waals surface area contributed by atoms with Crippen LogP contribution in [-0.4, -0.2) is 54.4 Å². The highest BCUT2D eigenvalue weighted by molar-refractivity contribution is 5.63. The van der Waals surface area contributed by atoms with Gasteiger partial charge in [0, 0.05) is 62.4 Å². The van der Waals surface area contributed by atoms with E-state index in [-0.39, 0.29) is 6.61 Å². The van der Waals surface area contributed by atoms with Gasteiger partial charge in [0.25, 0.3) is 0 Å². The zero-order valence-corrected chi connectivity index (χ0v) is 17.8. The van der Waals surface area contributed by atoms with Crippen LogP contribution in [-0.2, 0) is 13.0 Å². The number of aromatic nitrogens is 5. The lowest BCUT2D eigenvalue weighted by Crippen LogP contribution is -2.32. The third-order valence-electron chi connectivity index (χ3n) is 5.38. The third-order valence-corrected chi connectivity index (χ3v) is 5.38. The number of fused-ring (bicyclic) bond motifs is 1. The summed E-state index contributed by atoms with van der Waals surface area (Å²) in [6, 6.07) is 4.41. The fourth-order valence-electron chi connectivity index (χ4n) is 3.68. The van der Waals surface area contributed by atoms with E-state index < -0.39 is 0 Å². The Morgan fingerprint density at radius 3 is 2.83 bits per heavy atom. The maximum Gasteiger partial charge on any atom is 0.228 e. The summed E-state index contributed by atoms with van der Waals surface area (Å²) >= 11 is 0. The number of hydrogen-bond donors (Lipinski definition) is 2. The SMILES string of the molecule is Cc1cnc(Nc2ccc3c(n2)CCN(CCCO)C3)nc1-c1cnn(C(C)C)c1. The molecular formula is C22H29N7O. The minimum absolute atomic E-state index is 0.237. The lowest BCUT2D eigenvalue weighted by atomic mass is 10.1. The van der Waals surface area contributed by atoms with E-state index >= 15 is 0 Å². The average molecular weight is 408 g/mol. The van der Waals surface area contributed by atoms with Crippen LogP contribution in [0.2, 0.25) is 0 Å². The van der Waals surface area contributed by atoms with Crippen molar-refractivity contribution in [1.82, 2.24) is 29.6 Å². The number of aliphatic hydroxyl groups is 1. The summed E-state index contributed by atoms with van der Waals surface area (Å²) in [5, 5.41) is 16.7. The van der Waals surface area contributed by atoms with Gasteiger partial charge in [0.2, 0.25) is 5.95 Å². The second kappa shape index (κ2) is 8.89. The van der Waals surface area contributed by atoms with E-state index in [1.54, 1.807) is 0 Å². The molecule has 30 heavy (non-hydrogen) atoms. The predicted molar refractivity (Wildman–Crippen MR) is 117 cm³/mol. The molecular weight excluding hydrogens is 378 g/mol. The van der Waals surface area contributed by atoms with Crippen molar-refractivity contribution in [2.45, 2.75) is 46.2 Å². The summed E-state index contributed by atoms with van der Waals surface area (Å²) in [5.74, 6) is 1.28. The summed E-state index contributed by atoms with van der Waals surface area (Å²) < 4.78 is 1.93. The predicted octanol–water partition coefficient (Wildman–Crippen LogP) is 3.11. The van der Waals surface area contributed by atoms with E-state index in [1.165, 1.54) is 5.56 Å². The first-order chi connectivity index (χ1) is 14.5. The molecule has 2 N–H and O–H groups in total. The molecule has 1 aliphatic heterocycles. The Morgan fingerprint density at radius 2 is 2.07 bits per heavy atom. The highest BCUT2D eigenvalue weighted by Crippen LogP contribution is 2.24. The summed E-state index contributed by atoms with van der Waals surface area (Å²) in [6.07, 6.45) is 7.41. The second-order valence-corrected chi connectivity index (χ2v) is 8.06. The van der Waals surface area contributed by atoms with Gasteiger partial charge in [-0.3, -0.25) is 9.58 Å². The largest absolute Gasteiger partial charge is 0.396 e. The van der Waals surface area contributed by atoms with Crippen LogP contribution in [0.3, 0.4) is 0 Å². The number of nitrogens with zero attached hydrogens (tertiary/aromatic N) is 6. The van der Waals surface area contributed by atoms with Crippen LogP contribution in [0.15, 0.2) is 30.7 Å². The van der Waals surface area contributed by atoms with E-state index in [0.717, 1.165) is 60.8 Å². The number of anilines is 2. The van der Waals surface area contributed by atoms with Crippen LogP contribution >= 0.6 is 0 Å². The Balaban J connectivity index is 1.51. The Kier molecular flexibility index (Phi) is 6.06. The zero-order valence-electron chi connectivity index (χ0n) is 17.8. The lowest BCUT2D eigenvalue weighted by molar-refractivity contribution is 0.211. The topological polar surface area (TPSA) is 92.0 Å². The van der Waals surface area contributed by atoms with Gasteiger partial charge in [-0.1, -0.05) is 6.07 Å². The molecule has 3 aromatic heterocycles. The maximum absolute atomic E-state index is 9.04. The molecule has 8 nitrogen and oxygen atoms in total. The Bertz CT molecular complexity index is 1010. The molecule has 0 fully saturated rings. The van der Waals surface area contributed by atoms with Gasteiger partial charge < -0.3 is 10.4 Å². The smallest absolute Gasteiger partial charge is 0.228 e. The van der Waals surface area contributed by atoms with Gasteiger partial charge in [0.1, 0.15) is 5.82 Å². The molecule has 3 aromatic rings. The van der Waals surface area contributed by atoms with Gasteiger partial charge >= 0.3 is 0 Å². The van der Waals surface area contributed by atoms with Gasteiger partial charge in [-0.05, 0) is 44.4 Å². The van der Waals surface area contributed by atoms with Gasteiger partial charge in [-0.2, -0.15) is 5.10 Å². The van der Waals surface area contributed by atoms with Crippen LogP contribution in [0.4, 0.5) is 11.8 Å². The van der Waals surface area contributed by atoms with Crippen LogP contribution in [0.1, 0.15) is 43.1 Å². The maximum atomic E-state index is 9.04. The van der Waals surface area contributed by atoms with Crippen molar-refractivity contribution < 1.29 is 5.11 Å². The monoisotopic (exact) mass is 407 g/mol. The molecule has 1 aliphatic rings. The summed E-state index contributed by atoms with van der Waals surface area (Å²) in [5.41, 5.74) is 5.22. The summed E-state index contributed by atoms with van der Waals surface area (Å²) in [7, 11) is 0. The first kappa shape index (κ1) is 20.4. The molecule has 4 heterocycles. The molecule has 0 aliphatic carbocycles. The molecule has 0 saturated heterocycles. The molecule has 0 unspecified atom stereocenters. The number of nitrogens with one attached hydrogen (secondary N) is 1. The van der Waals surface area contributed by atoms with E-state index in [1.807, 2.05) is 36.3 Å². The van der Waals surface area contributed by atoms with Crippen molar-refractivity contribution in [2.24, 2.45) is 0 Å². The molecule has 0 saturated carbocycles. The molecule has 0 spiro atoms. The Morgan fingerprint density at radius 1 is 1.20 bits per heavy atom. The minimum atomic E-state index is 0.237. The van der Waals surface area contributed by atoms with E-state index in [2.05, 4.69) is 40.2 Å². The first-order valence-electron chi connectivity index (χ1n) is 10.5. The van der Waals surface area contributed by atoms with Crippen LogP contribution < -0.4 is 5.32 Å². The van der Waals surface area contributed by atoms with Crippen molar-refractivity contribution in [3.63, 3.8) is 0 Å². The number of aliphatic hydroxyl groups excluding tert-OH is 1. The number of pyridine rings is 1. The van der Waals surface area contributed by atoms with Gasteiger partial charge in [-0.15, -0.1) is 0 Å². The van der Waals surface area contributed by atoms with Crippen LogP contribution in [0.5, 0.6) is 0 Å². The zero-order chi connectivity index (χ0) is 21.1. The second-order valence-electron chi connectivity index (χ2n) is 8.06. The first-order valence-corrected chi connectivity index (χ1v) is 10.5. The fraction of sp³-hybridized carbons (Fsp3) is 0.455. The quantitative estimate of drug-likeness (QED) is 0.622. The molecule has 0 amide bonds. The highest BCUT2D eigenvalue weighted by Gasteiger charge is 2.18. The Hall–Kier alpha value is -2.84. The van der Waals surface area contributed by atoms with Crippen LogP contribution in [0, 0.1) is 6.92 Å². The van der Waals surface area contributed by atoms with Crippen LogP contribution in [0.25, 0.3) is 11.3 Å². The van der Waals surface area contributed by atoms with E-state index in [4.69, 9.17) is 15.1 Å². The fourth-order valence-corrected chi connectivity index (χ4v) is 3.68. The Labute approximate surface area is 177 Å². The average Bonchev–Trinajstić information content (AvgIpc) is 3.24. The molecule has 0 atom stereocenters. The van der Waals surface area contributed by atoms with Gasteiger partial charge in [-0.25, -0.2) is 15.0 Å². The molecule has 0 bridgehead atoms. The summed E-state index contributed by atoms with van der Waals surface area (Å²) in [4.78, 5) is 16.3. The van der Waals surface area contributed by atoms with E-state index in [9.17, 15) is 0 Å². The minimum Gasteiger partial charge on any atom is -0.396 e. The van der Waals surface area contributed by atoms with Gasteiger partial charge in [0.15, 0.2) is 0 Å². The highest BCUT2D eigenvalue weighted by atomic mass is 16.3.